The number of benzene rings is 1. The van der Waals surface area contributed by atoms with E-state index in [-0.39, 0.29) is 12.3 Å². The van der Waals surface area contributed by atoms with Crippen LogP contribution in [0.15, 0.2) is 30.5 Å². The van der Waals surface area contributed by atoms with Crippen molar-refractivity contribution < 1.29 is 9.53 Å². The van der Waals surface area contributed by atoms with Crippen LogP contribution < -0.4 is 15.8 Å². The number of rotatable bonds is 5. The molecule has 1 aromatic heterocycles. The molecule has 6 nitrogen and oxygen atoms in total. The summed E-state index contributed by atoms with van der Waals surface area (Å²) in [6.07, 6.45) is 2.04. The van der Waals surface area contributed by atoms with Crippen molar-refractivity contribution in [3.05, 3.63) is 36.2 Å². The molecule has 0 atom stereocenters. The first-order valence-electron chi connectivity index (χ1n) is 6.33. The number of aromatic nitrogens is 2. The Bertz CT molecular complexity index is 607. The number of carbonyl (C=O) groups is 1. The van der Waals surface area contributed by atoms with Crippen LogP contribution in [0.1, 0.15) is 12.1 Å². The van der Waals surface area contributed by atoms with E-state index >= 15 is 0 Å². The molecule has 0 unspecified atom stereocenters. The van der Waals surface area contributed by atoms with Crippen LogP contribution in [0.25, 0.3) is 0 Å². The number of nitrogens with one attached hydrogen (secondary N) is 1. The monoisotopic (exact) mass is 274 g/mol. The molecule has 0 fully saturated rings. The molecule has 1 heterocycles. The first kappa shape index (κ1) is 13.9. The van der Waals surface area contributed by atoms with Gasteiger partial charge in [0.15, 0.2) is 0 Å². The molecule has 0 radical (unpaired) electrons. The Morgan fingerprint density at radius 1 is 1.50 bits per heavy atom. The van der Waals surface area contributed by atoms with Gasteiger partial charge in [0, 0.05) is 25.0 Å². The van der Waals surface area contributed by atoms with Crippen LogP contribution in [0.3, 0.4) is 0 Å². The van der Waals surface area contributed by atoms with E-state index in [1.807, 2.05) is 20.0 Å². The van der Waals surface area contributed by atoms with E-state index in [2.05, 4.69) is 10.4 Å². The molecule has 1 amide bonds. The van der Waals surface area contributed by atoms with E-state index in [0.29, 0.717) is 18.0 Å². The Labute approximate surface area is 117 Å². The highest BCUT2D eigenvalue weighted by molar-refractivity contribution is 5.91. The van der Waals surface area contributed by atoms with Gasteiger partial charge in [0.2, 0.25) is 5.91 Å². The molecule has 0 aliphatic rings. The van der Waals surface area contributed by atoms with E-state index in [0.717, 1.165) is 11.4 Å². The Morgan fingerprint density at radius 2 is 2.30 bits per heavy atom. The fourth-order valence-electron chi connectivity index (χ4n) is 1.80. The summed E-state index contributed by atoms with van der Waals surface area (Å²) in [5, 5.41) is 6.96. The molecule has 0 aliphatic heterocycles. The highest BCUT2D eigenvalue weighted by Gasteiger charge is 2.07. The topological polar surface area (TPSA) is 82.2 Å². The summed E-state index contributed by atoms with van der Waals surface area (Å²) in [7, 11) is 1.81. The summed E-state index contributed by atoms with van der Waals surface area (Å²) < 4.78 is 7.13. The van der Waals surface area contributed by atoms with E-state index < -0.39 is 0 Å². The standard InChI is InChI=1S/C14H18N4O2/c1-10-13(9-18(2)17-10)16-14(19)6-7-20-12-5-3-4-11(15)8-12/h3-5,8-9H,6-7,15H2,1-2H3,(H,16,19). The van der Waals surface area contributed by atoms with Crippen LogP contribution in [0, 0.1) is 6.92 Å². The number of hydrogen-bond donors (Lipinski definition) is 2. The predicted molar refractivity (Wildman–Crippen MR) is 77.5 cm³/mol. The van der Waals surface area contributed by atoms with Crippen molar-refractivity contribution in [1.82, 2.24) is 9.78 Å². The Balaban J connectivity index is 1.79. The van der Waals surface area contributed by atoms with E-state index in [9.17, 15) is 4.79 Å². The molecule has 0 aliphatic carbocycles. The normalized spacial score (nSPS) is 10.3. The number of nitrogens with two attached hydrogens (primary N) is 1. The predicted octanol–water partition coefficient (Wildman–Crippen LogP) is 1.72. The van der Waals surface area contributed by atoms with Crippen molar-refractivity contribution in [2.75, 3.05) is 17.7 Å². The lowest BCUT2D eigenvalue weighted by molar-refractivity contribution is -0.116. The quantitative estimate of drug-likeness (QED) is 0.813. The molecule has 20 heavy (non-hydrogen) atoms. The third-order valence-corrected chi connectivity index (χ3v) is 2.74. The van der Waals surface area contributed by atoms with Gasteiger partial charge in [0.05, 0.1) is 24.4 Å². The average molecular weight is 274 g/mol. The van der Waals surface area contributed by atoms with Crippen molar-refractivity contribution in [2.24, 2.45) is 7.05 Å². The maximum absolute atomic E-state index is 11.8. The van der Waals surface area contributed by atoms with Crippen LogP contribution in [-0.2, 0) is 11.8 Å². The van der Waals surface area contributed by atoms with Crippen LogP contribution in [0.2, 0.25) is 0 Å². The average Bonchev–Trinajstić information content (AvgIpc) is 2.68. The molecule has 2 rings (SSSR count). The van der Waals surface area contributed by atoms with Crippen molar-refractivity contribution >= 4 is 17.3 Å². The minimum atomic E-state index is -0.106. The second-order valence-corrected chi connectivity index (χ2v) is 4.52. The molecular weight excluding hydrogens is 256 g/mol. The molecule has 0 bridgehead atoms. The summed E-state index contributed by atoms with van der Waals surface area (Å²) in [5.41, 5.74) is 7.79. The SMILES string of the molecule is Cc1nn(C)cc1NC(=O)CCOc1cccc(N)c1. The van der Waals surface area contributed by atoms with E-state index in [4.69, 9.17) is 10.5 Å². The summed E-state index contributed by atoms with van der Waals surface area (Å²) in [4.78, 5) is 11.8. The first-order chi connectivity index (χ1) is 9.54. The van der Waals surface area contributed by atoms with Gasteiger partial charge in [0.1, 0.15) is 5.75 Å². The molecule has 0 spiro atoms. The summed E-state index contributed by atoms with van der Waals surface area (Å²) >= 11 is 0. The molecular formula is C14H18N4O2. The number of aryl methyl sites for hydroxylation is 2. The number of ether oxygens (including phenoxy) is 1. The number of amides is 1. The van der Waals surface area contributed by atoms with Gasteiger partial charge in [-0.15, -0.1) is 0 Å². The van der Waals surface area contributed by atoms with Crippen molar-refractivity contribution in [2.45, 2.75) is 13.3 Å². The second-order valence-electron chi connectivity index (χ2n) is 4.52. The first-order valence-corrected chi connectivity index (χ1v) is 6.33. The molecule has 3 N–H and O–H groups in total. The lowest BCUT2D eigenvalue weighted by atomic mass is 10.3. The van der Waals surface area contributed by atoms with Gasteiger partial charge in [-0.25, -0.2) is 0 Å². The van der Waals surface area contributed by atoms with Gasteiger partial charge in [-0.3, -0.25) is 9.48 Å². The molecule has 0 saturated heterocycles. The number of nitrogen functional groups attached to an aromatic ring is 1. The fraction of sp³-hybridized carbons (Fsp3) is 0.286. The summed E-state index contributed by atoms with van der Waals surface area (Å²) in [5.74, 6) is 0.556. The zero-order valence-corrected chi connectivity index (χ0v) is 11.6. The Kier molecular flexibility index (Phi) is 4.24. The number of nitrogens with zero attached hydrogens (tertiary/aromatic N) is 2. The Morgan fingerprint density at radius 3 is 2.95 bits per heavy atom. The third-order valence-electron chi connectivity index (χ3n) is 2.74. The highest BCUT2D eigenvalue weighted by Crippen LogP contribution is 2.15. The second kappa shape index (κ2) is 6.10. The Hall–Kier alpha value is -2.50. The minimum absolute atomic E-state index is 0.106. The molecule has 1 aromatic carbocycles. The summed E-state index contributed by atoms with van der Waals surface area (Å²) in [6, 6.07) is 7.12. The number of anilines is 2. The smallest absolute Gasteiger partial charge is 0.227 e. The highest BCUT2D eigenvalue weighted by atomic mass is 16.5. The summed E-state index contributed by atoms with van der Waals surface area (Å²) in [6.45, 7) is 2.15. The van der Waals surface area contributed by atoms with E-state index in [1.165, 1.54) is 0 Å². The van der Waals surface area contributed by atoms with Gasteiger partial charge in [0.25, 0.3) is 0 Å². The van der Waals surface area contributed by atoms with Gasteiger partial charge < -0.3 is 15.8 Å². The molecule has 6 heteroatoms. The minimum Gasteiger partial charge on any atom is -0.493 e. The zero-order valence-electron chi connectivity index (χ0n) is 11.6. The number of hydrogen-bond acceptors (Lipinski definition) is 4. The van der Waals surface area contributed by atoms with Crippen LogP contribution >= 0.6 is 0 Å². The van der Waals surface area contributed by atoms with Crippen molar-refractivity contribution in [3.8, 4) is 5.75 Å². The fourth-order valence-corrected chi connectivity index (χ4v) is 1.80. The lowest BCUT2D eigenvalue weighted by Crippen LogP contribution is -2.15. The molecule has 2 aromatic rings. The van der Waals surface area contributed by atoms with Crippen molar-refractivity contribution in [3.63, 3.8) is 0 Å². The zero-order chi connectivity index (χ0) is 14.5. The van der Waals surface area contributed by atoms with Gasteiger partial charge >= 0.3 is 0 Å². The van der Waals surface area contributed by atoms with Gasteiger partial charge in [-0.1, -0.05) is 6.07 Å². The van der Waals surface area contributed by atoms with Crippen LogP contribution in [0.4, 0.5) is 11.4 Å². The van der Waals surface area contributed by atoms with E-state index in [1.54, 1.807) is 29.1 Å². The van der Waals surface area contributed by atoms with Crippen LogP contribution in [0.5, 0.6) is 5.75 Å². The van der Waals surface area contributed by atoms with Crippen molar-refractivity contribution in [1.29, 1.82) is 0 Å². The van der Waals surface area contributed by atoms with Gasteiger partial charge in [-0.2, -0.15) is 5.10 Å². The van der Waals surface area contributed by atoms with Crippen LogP contribution in [-0.4, -0.2) is 22.3 Å². The maximum Gasteiger partial charge on any atom is 0.227 e. The third kappa shape index (κ3) is 3.74. The number of carbonyl (C=O) groups excluding carboxylic acids is 1. The van der Waals surface area contributed by atoms with Gasteiger partial charge in [-0.05, 0) is 19.1 Å². The molecule has 106 valence electrons. The largest absolute Gasteiger partial charge is 0.493 e. The lowest BCUT2D eigenvalue weighted by Gasteiger charge is -2.07. The maximum atomic E-state index is 11.8. The molecule has 0 saturated carbocycles.